The molecule has 1 saturated heterocycles. The maximum atomic E-state index is 13.1. The molecule has 18 heavy (non-hydrogen) atoms. The highest BCUT2D eigenvalue weighted by molar-refractivity contribution is 5.65. The zero-order chi connectivity index (χ0) is 12.6. The minimum absolute atomic E-state index is 0.113. The van der Waals surface area contributed by atoms with Crippen LogP contribution in [-0.4, -0.2) is 38.9 Å². The van der Waals surface area contributed by atoms with Gasteiger partial charge in [-0.25, -0.2) is 0 Å². The predicted octanol–water partition coefficient (Wildman–Crippen LogP) is 1.46. The molecular formula is C12H14F2N2O2. The minimum atomic E-state index is -3.24. The number of para-hydroxylation sites is 1. The number of anilines is 1. The summed E-state index contributed by atoms with van der Waals surface area (Å²) >= 11 is 0. The molecule has 4 nitrogen and oxygen atoms in total. The number of hydrogen-bond donors (Lipinski definition) is 1. The van der Waals surface area contributed by atoms with Crippen molar-refractivity contribution in [3.05, 3.63) is 18.2 Å². The Bertz CT molecular complexity index is 448. The molecule has 0 atom stereocenters. The van der Waals surface area contributed by atoms with Crippen molar-refractivity contribution < 1.29 is 18.3 Å². The molecule has 0 aliphatic carbocycles. The van der Waals surface area contributed by atoms with Crippen molar-refractivity contribution >= 4 is 5.69 Å². The van der Waals surface area contributed by atoms with Crippen molar-refractivity contribution in [2.75, 3.05) is 37.7 Å². The summed E-state index contributed by atoms with van der Waals surface area (Å²) in [5, 5.41) is 3.24. The van der Waals surface area contributed by atoms with E-state index in [-0.39, 0.29) is 5.75 Å². The zero-order valence-corrected chi connectivity index (χ0v) is 9.79. The second-order valence-corrected chi connectivity index (χ2v) is 4.37. The molecule has 1 aromatic rings. The fourth-order valence-corrected chi connectivity index (χ4v) is 2.23. The van der Waals surface area contributed by atoms with Gasteiger partial charge in [-0.2, -0.15) is 8.78 Å². The highest BCUT2D eigenvalue weighted by Gasteiger charge is 2.39. The first-order chi connectivity index (χ1) is 8.66. The summed E-state index contributed by atoms with van der Waals surface area (Å²) in [4.78, 5) is 2.11. The van der Waals surface area contributed by atoms with Crippen LogP contribution in [0.25, 0.3) is 0 Å². The van der Waals surface area contributed by atoms with Gasteiger partial charge in [0.25, 0.3) is 0 Å². The van der Waals surface area contributed by atoms with Gasteiger partial charge < -0.3 is 19.7 Å². The summed E-state index contributed by atoms with van der Waals surface area (Å²) in [6, 6.07) is 5.09. The molecule has 1 N–H and O–H groups in total. The lowest BCUT2D eigenvalue weighted by molar-refractivity contribution is -0.208. The number of rotatable bonds is 1. The van der Waals surface area contributed by atoms with E-state index in [9.17, 15) is 8.78 Å². The van der Waals surface area contributed by atoms with E-state index in [0.717, 1.165) is 31.9 Å². The third-order valence-corrected chi connectivity index (χ3v) is 3.06. The quantitative estimate of drug-likeness (QED) is 0.825. The first-order valence-electron chi connectivity index (χ1n) is 5.94. The molecule has 6 heteroatoms. The number of ether oxygens (including phenoxy) is 2. The summed E-state index contributed by atoms with van der Waals surface area (Å²) in [5.74, 6) is 0.535. The summed E-state index contributed by atoms with van der Waals surface area (Å²) in [6.07, 6.45) is -3.24. The van der Waals surface area contributed by atoms with Crippen molar-refractivity contribution in [1.29, 1.82) is 0 Å². The first-order valence-corrected chi connectivity index (χ1v) is 5.94. The van der Waals surface area contributed by atoms with Crippen LogP contribution >= 0.6 is 0 Å². The third-order valence-electron chi connectivity index (χ3n) is 3.06. The molecule has 0 saturated carbocycles. The van der Waals surface area contributed by atoms with Crippen LogP contribution in [0.2, 0.25) is 0 Å². The molecule has 0 aromatic heterocycles. The molecule has 3 rings (SSSR count). The zero-order valence-electron chi connectivity index (χ0n) is 9.79. The number of alkyl halides is 2. The Kier molecular flexibility index (Phi) is 2.74. The third kappa shape index (κ3) is 2.08. The Morgan fingerprint density at radius 2 is 2.00 bits per heavy atom. The molecule has 0 unspecified atom stereocenters. The summed E-state index contributed by atoms with van der Waals surface area (Å²) in [6.45, 7) is 2.68. The monoisotopic (exact) mass is 256 g/mol. The van der Waals surface area contributed by atoms with Gasteiger partial charge in [0.2, 0.25) is 0 Å². The van der Waals surface area contributed by atoms with Crippen molar-refractivity contribution in [1.82, 2.24) is 5.32 Å². The number of benzene rings is 1. The van der Waals surface area contributed by atoms with Gasteiger partial charge in [0.1, 0.15) is 0 Å². The Morgan fingerprint density at radius 3 is 2.78 bits per heavy atom. The molecule has 0 spiro atoms. The fourth-order valence-electron chi connectivity index (χ4n) is 2.23. The molecule has 0 bridgehead atoms. The maximum absolute atomic E-state index is 13.1. The van der Waals surface area contributed by atoms with Crippen LogP contribution in [-0.2, 0) is 0 Å². The van der Waals surface area contributed by atoms with Crippen molar-refractivity contribution in [3.8, 4) is 11.5 Å². The number of fused-ring (bicyclic) bond motifs is 1. The molecule has 0 amide bonds. The Morgan fingerprint density at radius 1 is 1.22 bits per heavy atom. The molecule has 1 fully saturated rings. The number of nitrogens with one attached hydrogen (secondary N) is 1. The Hall–Kier alpha value is -1.56. The van der Waals surface area contributed by atoms with Crippen LogP contribution in [0.4, 0.5) is 14.5 Å². The summed E-state index contributed by atoms with van der Waals surface area (Å²) < 4.78 is 36.0. The average Bonchev–Trinajstić information content (AvgIpc) is 2.37. The van der Waals surface area contributed by atoms with E-state index in [1.54, 1.807) is 6.07 Å². The smallest absolute Gasteiger partial charge is 0.433 e. The molecule has 1 aromatic carbocycles. The summed E-state index contributed by atoms with van der Waals surface area (Å²) in [5.41, 5.74) is 0.824. The van der Waals surface area contributed by atoms with Crippen LogP contribution < -0.4 is 19.7 Å². The largest absolute Gasteiger partial charge is 0.477 e. The second-order valence-electron chi connectivity index (χ2n) is 4.37. The van der Waals surface area contributed by atoms with E-state index < -0.39 is 12.7 Å². The van der Waals surface area contributed by atoms with E-state index in [2.05, 4.69) is 15.0 Å². The number of hydrogen-bond acceptors (Lipinski definition) is 4. The van der Waals surface area contributed by atoms with Gasteiger partial charge in [0, 0.05) is 26.2 Å². The highest BCUT2D eigenvalue weighted by atomic mass is 19.3. The van der Waals surface area contributed by atoms with Gasteiger partial charge in [-0.15, -0.1) is 0 Å². The van der Waals surface area contributed by atoms with Crippen LogP contribution in [0.1, 0.15) is 0 Å². The van der Waals surface area contributed by atoms with Gasteiger partial charge in [-0.1, -0.05) is 6.07 Å². The van der Waals surface area contributed by atoms with Gasteiger partial charge in [0.05, 0.1) is 5.69 Å². The SMILES string of the molecule is FC1(F)COc2c(cccc2N2CCNCC2)O1. The number of nitrogens with zero attached hydrogens (tertiary/aromatic N) is 1. The van der Waals surface area contributed by atoms with Gasteiger partial charge in [-0.3, -0.25) is 0 Å². The second kappa shape index (κ2) is 4.28. The Balaban J connectivity index is 1.92. The van der Waals surface area contributed by atoms with E-state index in [4.69, 9.17) is 4.74 Å². The molecule has 2 aliphatic rings. The van der Waals surface area contributed by atoms with Crippen LogP contribution in [0.15, 0.2) is 18.2 Å². The molecular weight excluding hydrogens is 242 g/mol. The molecule has 2 heterocycles. The normalized spacial score (nSPS) is 21.8. The topological polar surface area (TPSA) is 33.7 Å². The molecule has 98 valence electrons. The maximum Gasteiger partial charge on any atom is 0.433 e. The van der Waals surface area contributed by atoms with E-state index in [1.807, 2.05) is 6.07 Å². The van der Waals surface area contributed by atoms with E-state index in [1.165, 1.54) is 6.07 Å². The van der Waals surface area contributed by atoms with Crippen LogP contribution in [0.5, 0.6) is 11.5 Å². The Labute approximate surface area is 103 Å². The lowest BCUT2D eigenvalue weighted by Crippen LogP contribution is -2.44. The lowest BCUT2D eigenvalue weighted by Gasteiger charge is -2.33. The number of halogens is 2. The van der Waals surface area contributed by atoms with Crippen molar-refractivity contribution in [2.45, 2.75) is 6.11 Å². The minimum Gasteiger partial charge on any atom is -0.477 e. The lowest BCUT2D eigenvalue weighted by atomic mass is 10.2. The van der Waals surface area contributed by atoms with Gasteiger partial charge in [-0.05, 0) is 12.1 Å². The van der Waals surface area contributed by atoms with E-state index in [0.29, 0.717) is 5.75 Å². The average molecular weight is 256 g/mol. The van der Waals surface area contributed by atoms with Gasteiger partial charge >= 0.3 is 6.11 Å². The molecule has 0 radical (unpaired) electrons. The van der Waals surface area contributed by atoms with Crippen molar-refractivity contribution in [2.24, 2.45) is 0 Å². The first kappa shape index (κ1) is 11.5. The number of piperazine rings is 1. The predicted molar refractivity (Wildman–Crippen MR) is 62.6 cm³/mol. The summed E-state index contributed by atoms with van der Waals surface area (Å²) in [7, 11) is 0. The van der Waals surface area contributed by atoms with Crippen LogP contribution in [0, 0.1) is 0 Å². The van der Waals surface area contributed by atoms with Gasteiger partial charge in [0.15, 0.2) is 18.1 Å². The van der Waals surface area contributed by atoms with Crippen LogP contribution in [0.3, 0.4) is 0 Å². The standard InChI is InChI=1S/C12H14F2N2O2/c13-12(14)8-17-11-9(2-1-3-10(11)18-12)16-6-4-15-5-7-16/h1-3,15H,4-8H2. The molecule has 2 aliphatic heterocycles. The van der Waals surface area contributed by atoms with E-state index >= 15 is 0 Å². The fraction of sp³-hybridized carbons (Fsp3) is 0.500. The highest BCUT2D eigenvalue weighted by Crippen LogP contribution is 2.43. The van der Waals surface area contributed by atoms with Crippen molar-refractivity contribution in [3.63, 3.8) is 0 Å².